The molecule has 0 aliphatic rings. The molecule has 0 radical (unpaired) electrons. The van der Waals surface area contributed by atoms with E-state index in [9.17, 15) is 9.59 Å². The van der Waals surface area contributed by atoms with E-state index >= 15 is 0 Å². The third kappa shape index (κ3) is 5.55. The molecule has 7 nitrogen and oxygen atoms in total. The lowest BCUT2D eigenvalue weighted by molar-refractivity contribution is -0.111. The lowest BCUT2D eigenvalue weighted by atomic mass is 10.2. The molecule has 2 aromatic carbocycles. The summed E-state index contributed by atoms with van der Waals surface area (Å²) < 4.78 is 0. The standard InChI is InChI=1S/C22H23N5O2/c1-3-6-21(28)24-17-11-9-15(10-12-17)22(29)25-19-8-5-7-18(13-19)23-20-14-16(4-2)26-27-20/h3,5-14H,4H2,1-2H3,(H,24,28)(H,25,29)(H2,23,26,27)/b6-3+. The largest absolute Gasteiger partial charge is 0.339 e. The summed E-state index contributed by atoms with van der Waals surface area (Å²) in [6.45, 7) is 3.82. The highest BCUT2D eigenvalue weighted by atomic mass is 16.2. The van der Waals surface area contributed by atoms with E-state index in [4.69, 9.17) is 0 Å². The molecule has 0 aliphatic carbocycles. The lowest BCUT2D eigenvalue weighted by Gasteiger charge is -2.09. The molecule has 3 aromatic rings. The molecule has 29 heavy (non-hydrogen) atoms. The van der Waals surface area contributed by atoms with E-state index in [0.717, 1.165) is 23.6 Å². The Labute approximate surface area is 169 Å². The maximum Gasteiger partial charge on any atom is 0.255 e. The summed E-state index contributed by atoms with van der Waals surface area (Å²) in [5, 5.41) is 16.0. The highest BCUT2D eigenvalue weighted by Gasteiger charge is 2.08. The van der Waals surface area contributed by atoms with Crippen molar-refractivity contribution in [2.75, 3.05) is 16.0 Å². The van der Waals surface area contributed by atoms with Gasteiger partial charge in [0.25, 0.3) is 5.91 Å². The molecule has 2 amide bonds. The lowest BCUT2D eigenvalue weighted by Crippen LogP contribution is -2.12. The van der Waals surface area contributed by atoms with E-state index < -0.39 is 0 Å². The maximum absolute atomic E-state index is 12.5. The van der Waals surface area contributed by atoms with Crippen molar-refractivity contribution in [3.63, 3.8) is 0 Å². The molecule has 0 fully saturated rings. The summed E-state index contributed by atoms with van der Waals surface area (Å²) in [6.07, 6.45) is 3.98. The quantitative estimate of drug-likeness (QED) is 0.448. The minimum atomic E-state index is -0.235. The van der Waals surface area contributed by atoms with Gasteiger partial charge in [0.15, 0.2) is 5.82 Å². The van der Waals surface area contributed by atoms with Gasteiger partial charge in [0, 0.05) is 34.4 Å². The molecule has 0 saturated heterocycles. The number of nitrogens with one attached hydrogen (secondary N) is 4. The highest BCUT2D eigenvalue weighted by molar-refractivity contribution is 6.05. The van der Waals surface area contributed by atoms with Gasteiger partial charge in [-0.2, -0.15) is 5.10 Å². The number of carbonyl (C=O) groups excluding carboxylic acids is 2. The number of amides is 2. The van der Waals surface area contributed by atoms with Crippen LogP contribution in [0.3, 0.4) is 0 Å². The average molecular weight is 389 g/mol. The van der Waals surface area contributed by atoms with Crippen molar-refractivity contribution in [2.24, 2.45) is 0 Å². The second-order valence-corrected chi connectivity index (χ2v) is 6.36. The number of allylic oxidation sites excluding steroid dienone is 1. The minimum Gasteiger partial charge on any atom is -0.339 e. The molecule has 0 bridgehead atoms. The summed E-state index contributed by atoms with van der Waals surface area (Å²) in [6, 6.07) is 16.1. The Balaban J connectivity index is 1.63. The van der Waals surface area contributed by atoms with Gasteiger partial charge in [0.05, 0.1) is 0 Å². The molecule has 4 N–H and O–H groups in total. The summed E-state index contributed by atoms with van der Waals surface area (Å²) >= 11 is 0. The molecule has 1 heterocycles. The van der Waals surface area contributed by atoms with Crippen LogP contribution in [0.5, 0.6) is 0 Å². The van der Waals surface area contributed by atoms with Crippen molar-refractivity contribution in [1.29, 1.82) is 0 Å². The number of aromatic amines is 1. The predicted molar refractivity (Wildman–Crippen MR) is 116 cm³/mol. The van der Waals surface area contributed by atoms with Crippen molar-refractivity contribution < 1.29 is 9.59 Å². The molecule has 7 heteroatoms. The van der Waals surface area contributed by atoms with Crippen molar-refractivity contribution in [1.82, 2.24) is 10.2 Å². The molecule has 3 rings (SSSR count). The molecule has 0 unspecified atom stereocenters. The molecule has 0 aliphatic heterocycles. The molecular weight excluding hydrogens is 366 g/mol. The Hall–Kier alpha value is -3.87. The van der Waals surface area contributed by atoms with E-state index in [1.54, 1.807) is 37.3 Å². The first kappa shape index (κ1) is 19.9. The smallest absolute Gasteiger partial charge is 0.255 e. The third-order valence-corrected chi connectivity index (χ3v) is 4.14. The van der Waals surface area contributed by atoms with E-state index in [1.165, 1.54) is 6.08 Å². The van der Waals surface area contributed by atoms with Crippen LogP contribution in [0, 0.1) is 0 Å². The molecule has 148 valence electrons. The number of anilines is 4. The number of carbonyl (C=O) groups is 2. The van der Waals surface area contributed by atoms with Crippen LogP contribution in [0.1, 0.15) is 29.9 Å². The van der Waals surface area contributed by atoms with E-state index in [0.29, 0.717) is 16.9 Å². The zero-order chi connectivity index (χ0) is 20.6. The first-order chi connectivity index (χ1) is 14.1. The molecular formula is C22H23N5O2. The minimum absolute atomic E-state index is 0.211. The van der Waals surface area contributed by atoms with Crippen LogP contribution >= 0.6 is 0 Å². The Morgan fingerprint density at radius 1 is 1.00 bits per heavy atom. The van der Waals surface area contributed by atoms with Gasteiger partial charge in [-0.1, -0.05) is 19.1 Å². The third-order valence-electron chi connectivity index (χ3n) is 4.14. The van der Waals surface area contributed by atoms with E-state index in [-0.39, 0.29) is 11.8 Å². The van der Waals surface area contributed by atoms with Gasteiger partial charge in [-0.3, -0.25) is 14.7 Å². The van der Waals surface area contributed by atoms with Gasteiger partial charge in [0.2, 0.25) is 5.91 Å². The van der Waals surface area contributed by atoms with E-state index in [1.807, 2.05) is 30.3 Å². The molecule has 0 saturated carbocycles. The second kappa shape index (κ2) is 9.36. The number of nitrogens with zero attached hydrogens (tertiary/aromatic N) is 1. The van der Waals surface area contributed by atoms with Crippen LogP contribution in [0.2, 0.25) is 0 Å². The van der Waals surface area contributed by atoms with Crippen LogP contribution in [0.15, 0.2) is 66.7 Å². The number of benzene rings is 2. The van der Waals surface area contributed by atoms with Crippen molar-refractivity contribution in [3.05, 3.63) is 78.0 Å². The Kier molecular flexibility index (Phi) is 6.42. The Morgan fingerprint density at radius 3 is 2.45 bits per heavy atom. The number of aryl methyl sites for hydroxylation is 1. The Morgan fingerprint density at radius 2 is 1.76 bits per heavy atom. The van der Waals surface area contributed by atoms with Gasteiger partial charge < -0.3 is 16.0 Å². The van der Waals surface area contributed by atoms with Crippen molar-refractivity contribution in [2.45, 2.75) is 20.3 Å². The van der Waals surface area contributed by atoms with E-state index in [2.05, 4.69) is 33.1 Å². The van der Waals surface area contributed by atoms with Gasteiger partial charge in [0.1, 0.15) is 0 Å². The highest BCUT2D eigenvalue weighted by Crippen LogP contribution is 2.20. The zero-order valence-electron chi connectivity index (χ0n) is 16.3. The van der Waals surface area contributed by atoms with Crippen molar-refractivity contribution in [3.8, 4) is 0 Å². The summed E-state index contributed by atoms with van der Waals surface area (Å²) in [5.74, 6) is 0.277. The molecule has 0 spiro atoms. The summed E-state index contributed by atoms with van der Waals surface area (Å²) in [7, 11) is 0. The summed E-state index contributed by atoms with van der Waals surface area (Å²) in [4.78, 5) is 24.1. The van der Waals surface area contributed by atoms with Gasteiger partial charge in [-0.05, 0) is 61.9 Å². The number of rotatable bonds is 7. The number of H-pyrrole nitrogens is 1. The van der Waals surface area contributed by atoms with Crippen LogP contribution < -0.4 is 16.0 Å². The van der Waals surface area contributed by atoms with Crippen molar-refractivity contribution >= 4 is 34.7 Å². The number of hydrogen-bond donors (Lipinski definition) is 4. The fourth-order valence-electron chi connectivity index (χ4n) is 2.67. The first-order valence-corrected chi connectivity index (χ1v) is 9.34. The van der Waals surface area contributed by atoms with Gasteiger partial charge in [-0.25, -0.2) is 0 Å². The summed E-state index contributed by atoms with van der Waals surface area (Å²) in [5.41, 5.74) is 3.64. The fraction of sp³-hybridized carbons (Fsp3) is 0.136. The predicted octanol–water partition coefficient (Wildman–Crippen LogP) is 4.48. The topological polar surface area (TPSA) is 98.9 Å². The molecule has 0 atom stereocenters. The van der Waals surface area contributed by atoms with Crippen LogP contribution in [-0.4, -0.2) is 22.0 Å². The van der Waals surface area contributed by atoms with Crippen LogP contribution in [0.25, 0.3) is 0 Å². The normalized spacial score (nSPS) is 10.7. The maximum atomic E-state index is 12.5. The first-order valence-electron chi connectivity index (χ1n) is 9.34. The zero-order valence-corrected chi connectivity index (χ0v) is 16.3. The Bertz CT molecular complexity index is 1020. The van der Waals surface area contributed by atoms with Gasteiger partial charge >= 0.3 is 0 Å². The SMILES string of the molecule is C/C=C/C(=O)Nc1ccc(C(=O)Nc2cccc(Nc3cc(CC)[nH]n3)c2)cc1. The number of hydrogen-bond acceptors (Lipinski definition) is 4. The second-order valence-electron chi connectivity index (χ2n) is 6.36. The average Bonchev–Trinajstić information content (AvgIpc) is 3.16. The number of aromatic nitrogens is 2. The van der Waals surface area contributed by atoms with Gasteiger partial charge in [-0.15, -0.1) is 0 Å². The fourth-order valence-corrected chi connectivity index (χ4v) is 2.67. The van der Waals surface area contributed by atoms with Crippen LogP contribution in [0.4, 0.5) is 22.9 Å². The van der Waals surface area contributed by atoms with Crippen LogP contribution in [-0.2, 0) is 11.2 Å². The molecule has 1 aromatic heterocycles. The monoisotopic (exact) mass is 389 g/mol.